The molecule has 0 saturated carbocycles. The number of carbonyl (C=O) groups is 1. The highest BCUT2D eigenvalue weighted by molar-refractivity contribution is 7.89. The van der Waals surface area contributed by atoms with Gasteiger partial charge in [-0.05, 0) is 38.0 Å². The second kappa shape index (κ2) is 6.85. The van der Waals surface area contributed by atoms with E-state index >= 15 is 0 Å². The van der Waals surface area contributed by atoms with Crippen molar-refractivity contribution < 1.29 is 13.2 Å². The number of carbonyl (C=O) groups excluding carboxylic acids is 1. The van der Waals surface area contributed by atoms with Gasteiger partial charge in [-0.25, -0.2) is 17.9 Å². The molecule has 8 heteroatoms. The number of benzene rings is 1. The predicted molar refractivity (Wildman–Crippen MR) is 85.6 cm³/mol. The van der Waals surface area contributed by atoms with Gasteiger partial charge in [0.25, 0.3) is 0 Å². The average Bonchev–Trinajstić information content (AvgIpc) is 2.90. The Morgan fingerprint density at radius 2 is 2.18 bits per heavy atom. The Hall–Kier alpha value is -1.31. The van der Waals surface area contributed by atoms with E-state index < -0.39 is 10.0 Å². The van der Waals surface area contributed by atoms with Crippen LogP contribution in [0.2, 0.25) is 5.02 Å². The second-order valence-corrected chi connectivity index (χ2v) is 7.42. The molecule has 1 aliphatic rings. The minimum absolute atomic E-state index is 0.138. The van der Waals surface area contributed by atoms with Gasteiger partial charge in [-0.1, -0.05) is 17.7 Å². The Balaban J connectivity index is 2.04. The van der Waals surface area contributed by atoms with Gasteiger partial charge >= 0.3 is 6.03 Å². The Kier molecular flexibility index (Phi) is 5.31. The van der Waals surface area contributed by atoms with E-state index in [-0.39, 0.29) is 17.0 Å². The van der Waals surface area contributed by atoms with E-state index in [1.54, 1.807) is 11.0 Å². The number of sulfonamides is 1. The van der Waals surface area contributed by atoms with Gasteiger partial charge in [0.2, 0.25) is 10.0 Å². The fraction of sp³-hybridized carbons (Fsp3) is 0.500. The van der Waals surface area contributed by atoms with Crippen LogP contribution >= 0.6 is 11.6 Å². The highest BCUT2D eigenvalue weighted by Crippen LogP contribution is 2.21. The van der Waals surface area contributed by atoms with Gasteiger partial charge < -0.3 is 10.2 Å². The Morgan fingerprint density at radius 3 is 2.82 bits per heavy atom. The highest BCUT2D eigenvalue weighted by atomic mass is 35.5. The lowest BCUT2D eigenvalue weighted by atomic mass is 10.2. The van der Waals surface area contributed by atoms with E-state index in [1.165, 1.54) is 12.1 Å². The van der Waals surface area contributed by atoms with Crippen LogP contribution in [0, 0.1) is 6.92 Å². The predicted octanol–water partition coefficient (Wildman–Crippen LogP) is 1.73. The average molecular weight is 346 g/mol. The highest BCUT2D eigenvalue weighted by Gasteiger charge is 2.29. The molecule has 2 amide bonds. The van der Waals surface area contributed by atoms with Crippen molar-refractivity contribution in [1.82, 2.24) is 14.9 Å². The minimum Gasteiger partial charge on any atom is -0.338 e. The van der Waals surface area contributed by atoms with Crippen LogP contribution in [0.1, 0.15) is 18.9 Å². The standard InChI is InChI=1S/C14H20ClN3O3S/c1-3-16-14(19)18-7-6-11(9-18)17-22(20,21)12-5-4-10(2)13(15)8-12/h4-5,8,11,17H,3,6-7,9H2,1-2H3,(H,16,19). The third kappa shape index (κ3) is 3.91. The van der Waals surface area contributed by atoms with Crippen LogP contribution < -0.4 is 10.0 Å². The Labute approximate surface area is 135 Å². The number of aryl methyl sites for hydroxylation is 1. The molecule has 2 rings (SSSR count). The summed E-state index contributed by atoms with van der Waals surface area (Å²) >= 11 is 5.98. The largest absolute Gasteiger partial charge is 0.338 e. The molecule has 1 unspecified atom stereocenters. The van der Waals surface area contributed by atoms with Gasteiger partial charge in [0.05, 0.1) is 4.90 Å². The van der Waals surface area contributed by atoms with E-state index in [4.69, 9.17) is 11.6 Å². The van der Waals surface area contributed by atoms with E-state index in [0.717, 1.165) is 5.56 Å². The topological polar surface area (TPSA) is 78.5 Å². The van der Waals surface area contributed by atoms with E-state index in [0.29, 0.717) is 31.1 Å². The molecule has 1 aromatic carbocycles. The first kappa shape index (κ1) is 17.1. The molecule has 6 nitrogen and oxygen atoms in total. The molecule has 1 fully saturated rings. The quantitative estimate of drug-likeness (QED) is 0.872. The van der Waals surface area contributed by atoms with Crippen molar-refractivity contribution in [3.63, 3.8) is 0 Å². The molecule has 0 bridgehead atoms. The second-order valence-electron chi connectivity index (χ2n) is 5.30. The normalized spacial score (nSPS) is 18.5. The Bertz CT molecular complexity index is 663. The maximum atomic E-state index is 12.4. The maximum absolute atomic E-state index is 12.4. The first-order chi connectivity index (χ1) is 10.3. The molecule has 1 heterocycles. The summed E-state index contributed by atoms with van der Waals surface area (Å²) in [6.45, 7) is 5.11. The number of hydrogen-bond donors (Lipinski definition) is 2. The minimum atomic E-state index is -3.64. The zero-order valence-corrected chi connectivity index (χ0v) is 14.2. The lowest BCUT2D eigenvalue weighted by molar-refractivity contribution is 0.208. The fourth-order valence-corrected chi connectivity index (χ4v) is 3.86. The van der Waals surface area contributed by atoms with Crippen LogP contribution in [0.5, 0.6) is 0 Å². The van der Waals surface area contributed by atoms with Crippen LogP contribution in [0.15, 0.2) is 23.1 Å². The summed E-state index contributed by atoms with van der Waals surface area (Å²) in [5.41, 5.74) is 0.823. The van der Waals surface area contributed by atoms with Crippen LogP contribution in [-0.2, 0) is 10.0 Å². The molecular formula is C14H20ClN3O3S. The molecule has 1 atom stereocenters. The van der Waals surface area contributed by atoms with E-state index in [9.17, 15) is 13.2 Å². The first-order valence-electron chi connectivity index (χ1n) is 7.14. The van der Waals surface area contributed by atoms with Crippen LogP contribution in [0.4, 0.5) is 4.79 Å². The molecule has 2 N–H and O–H groups in total. The molecular weight excluding hydrogens is 326 g/mol. The lowest BCUT2D eigenvalue weighted by Crippen LogP contribution is -2.42. The van der Waals surface area contributed by atoms with Gasteiger partial charge in [0.15, 0.2) is 0 Å². The molecule has 1 aliphatic heterocycles. The molecule has 1 saturated heterocycles. The number of urea groups is 1. The summed E-state index contributed by atoms with van der Waals surface area (Å²) in [7, 11) is -3.64. The van der Waals surface area contributed by atoms with E-state index in [2.05, 4.69) is 10.0 Å². The summed E-state index contributed by atoms with van der Waals surface area (Å²) < 4.78 is 27.4. The molecule has 122 valence electrons. The summed E-state index contributed by atoms with van der Waals surface area (Å²) in [5, 5.41) is 3.12. The van der Waals surface area contributed by atoms with Crippen LogP contribution in [0.25, 0.3) is 0 Å². The number of rotatable bonds is 4. The number of nitrogens with one attached hydrogen (secondary N) is 2. The number of likely N-dealkylation sites (tertiary alicyclic amines) is 1. The Morgan fingerprint density at radius 1 is 1.45 bits per heavy atom. The van der Waals surface area contributed by atoms with Crippen molar-refractivity contribution >= 4 is 27.7 Å². The molecule has 0 aromatic heterocycles. The number of hydrogen-bond acceptors (Lipinski definition) is 3. The third-order valence-corrected chi connectivity index (χ3v) is 5.50. The van der Waals surface area contributed by atoms with Crippen molar-refractivity contribution in [2.24, 2.45) is 0 Å². The van der Waals surface area contributed by atoms with Crippen LogP contribution in [-0.4, -0.2) is 45.0 Å². The summed E-state index contributed by atoms with van der Waals surface area (Å²) in [6.07, 6.45) is 0.593. The lowest BCUT2D eigenvalue weighted by Gasteiger charge is -2.17. The fourth-order valence-electron chi connectivity index (χ4n) is 2.33. The van der Waals surface area contributed by atoms with Gasteiger partial charge in [-0.3, -0.25) is 0 Å². The van der Waals surface area contributed by atoms with Gasteiger partial charge in [-0.2, -0.15) is 0 Å². The first-order valence-corrected chi connectivity index (χ1v) is 9.01. The summed E-state index contributed by atoms with van der Waals surface area (Å²) in [4.78, 5) is 13.5. The molecule has 0 spiro atoms. The number of amides is 2. The number of halogens is 1. The van der Waals surface area contributed by atoms with Gasteiger partial charge in [0, 0.05) is 30.7 Å². The van der Waals surface area contributed by atoms with Crippen LogP contribution in [0.3, 0.4) is 0 Å². The number of nitrogens with zero attached hydrogens (tertiary/aromatic N) is 1. The monoisotopic (exact) mass is 345 g/mol. The summed E-state index contributed by atoms with van der Waals surface area (Å²) in [5.74, 6) is 0. The van der Waals surface area contributed by atoms with Gasteiger partial charge in [0.1, 0.15) is 0 Å². The third-order valence-electron chi connectivity index (χ3n) is 3.58. The van der Waals surface area contributed by atoms with E-state index in [1.807, 2.05) is 13.8 Å². The molecule has 0 aliphatic carbocycles. The smallest absolute Gasteiger partial charge is 0.317 e. The van der Waals surface area contributed by atoms with Crippen molar-refractivity contribution in [3.05, 3.63) is 28.8 Å². The van der Waals surface area contributed by atoms with Crippen molar-refractivity contribution in [2.75, 3.05) is 19.6 Å². The zero-order valence-electron chi connectivity index (χ0n) is 12.6. The summed E-state index contributed by atoms with van der Waals surface area (Å²) in [6, 6.07) is 4.19. The molecule has 1 aromatic rings. The van der Waals surface area contributed by atoms with Crippen molar-refractivity contribution in [1.29, 1.82) is 0 Å². The SMILES string of the molecule is CCNC(=O)N1CCC(NS(=O)(=O)c2ccc(C)c(Cl)c2)C1. The van der Waals surface area contributed by atoms with Gasteiger partial charge in [-0.15, -0.1) is 0 Å². The zero-order chi connectivity index (χ0) is 16.3. The van der Waals surface area contributed by atoms with Crippen molar-refractivity contribution in [2.45, 2.75) is 31.2 Å². The molecule has 22 heavy (non-hydrogen) atoms. The molecule has 0 radical (unpaired) electrons. The maximum Gasteiger partial charge on any atom is 0.317 e. The van der Waals surface area contributed by atoms with Crippen molar-refractivity contribution in [3.8, 4) is 0 Å².